The zero-order chi connectivity index (χ0) is 6.81. The van der Waals surface area contributed by atoms with Gasteiger partial charge in [0.2, 0.25) is 0 Å². The lowest BCUT2D eigenvalue weighted by Crippen LogP contribution is -2.23. The summed E-state index contributed by atoms with van der Waals surface area (Å²) in [5, 5.41) is 0. The Labute approximate surface area is 60.3 Å². The van der Waals surface area contributed by atoms with Gasteiger partial charge in [0.25, 0.3) is 0 Å². The molecule has 0 fully saturated rings. The molecule has 1 radical (unpaired) electrons. The van der Waals surface area contributed by atoms with E-state index in [1.807, 2.05) is 0 Å². The molecule has 1 N–H and O–H groups in total. The van der Waals surface area contributed by atoms with Crippen LogP contribution in [0.15, 0.2) is 35.7 Å². The minimum Gasteiger partial charge on any atom is -0.278 e. The lowest BCUT2D eigenvalue weighted by molar-refractivity contribution is 0.694. The summed E-state index contributed by atoms with van der Waals surface area (Å²) in [6.45, 7) is 0. The monoisotopic (exact) mass is 133 g/mol. The number of nitrogens with one attached hydrogen (secondary N) is 1. The predicted molar refractivity (Wildman–Crippen MR) is 39.8 cm³/mol. The van der Waals surface area contributed by atoms with E-state index in [9.17, 15) is 0 Å². The Morgan fingerprint density at radius 2 is 2.40 bits per heavy atom. The van der Waals surface area contributed by atoms with Gasteiger partial charge in [-0.15, -0.1) is 0 Å². The van der Waals surface area contributed by atoms with E-state index in [-0.39, 0.29) is 0 Å². The maximum atomic E-state index is 3.92. The number of nitrogens with zero attached hydrogens (tertiary/aromatic N) is 1. The Kier molecular flexibility index (Phi) is 1.24. The van der Waals surface area contributed by atoms with Crippen LogP contribution in [0, 0.1) is 0 Å². The topological polar surface area (TPSA) is 26.1 Å². The van der Waals surface area contributed by atoms with Gasteiger partial charge in [-0.25, -0.2) is 0 Å². The maximum Gasteiger partial charge on any atom is 0.0591 e. The van der Waals surface area contributed by atoms with Gasteiger partial charge in [0, 0.05) is 6.20 Å². The highest BCUT2D eigenvalue weighted by molar-refractivity contribution is 5.36. The summed E-state index contributed by atoms with van der Waals surface area (Å²) < 4.78 is 0. The van der Waals surface area contributed by atoms with Crippen LogP contribution in [-0.4, -0.2) is 0 Å². The molecule has 0 aromatic carbocycles. The first-order valence-electron chi connectivity index (χ1n) is 3.49. The summed E-state index contributed by atoms with van der Waals surface area (Å²) >= 11 is 0. The van der Waals surface area contributed by atoms with Crippen LogP contribution in [0.5, 0.6) is 0 Å². The van der Waals surface area contributed by atoms with Gasteiger partial charge in [-0.05, 0) is 30.6 Å². The van der Waals surface area contributed by atoms with E-state index < -0.39 is 0 Å². The van der Waals surface area contributed by atoms with Crippen LogP contribution in [-0.2, 0) is 0 Å². The van der Waals surface area contributed by atoms with E-state index in [4.69, 9.17) is 0 Å². The van der Waals surface area contributed by atoms with Gasteiger partial charge in [-0.1, -0.05) is 6.08 Å². The van der Waals surface area contributed by atoms with Gasteiger partial charge < -0.3 is 0 Å². The molecule has 0 bridgehead atoms. The number of hydrogen-bond donors (Lipinski definition) is 1. The molecule has 1 aliphatic heterocycles. The van der Waals surface area contributed by atoms with Crippen molar-refractivity contribution in [3.63, 3.8) is 0 Å². The molecule has 0 aromatic rings. The first-order valence-corrected chi connectivity index (χ1v) is 3.49. The van der Waals surface area contributed by atoms with Crippen LogP contribution in [0.2, 0.25) is 0 Å². The third kappa shape index (κ3) is 0.817. The highest BCUT2D eigenvalue weighted by Gasteiger charge is 2.07. The van der Waals surface area contributed by atoms with Gasteiger partial charge in [0.05, 0.1) is 5.70 Å². The number of hydrogen-bond acceptors (Lipinski definition) is 1. The molecule has 1 heterocycles. The highest BCUT2D eigenvalue weighted by Crippen LogP contribution is 2.19. The molecule has 0 saturated heterocycles. The highest BCUT2D eigenvalue weighted by atomic mass is 15.3. The lowest BCUT2D eigenvalue weighted by Gasteiger charge is -2.16. The van der Waals surface area contributed by atoms with E-state index in [1.54, 1.807) is 6.20 Å². The Morgan fingerprint density at radius 3 is 3.30 bits per heavy atom. The fourth-order valence-electron chi connectivity index (χ4n) is 1.20. The molecule has 0 amide bonds. The minimum absolute atomic E-state index is 1.14. The molecule has 0 saturated carbocycles. The molecule has 0 aromatic heterocycles. The molecule has 1 aliphatic carbocycles. The summed E-state index contributed by atoms with van der Waals surface area (Å²) in [6, 6.07) is 0. The fourth-order valence-corrected chi connectivity index (χ4v) is 1.20. The Bertz CT molecular complexity index is 199. The summed E-state index contributed by atoms with van der Waals surface area (Å²) in [6.07, 6.45) is 10.4. The Balaban J connectivity index is 2.32. The molecular formula is C8H9N2. The summed E-state index contributed by atoms with van der Waals surface area (Å²) in [4.78, 5) is 0. The lowest BCUT2D eigenvalue weighted by atomic mass is 10.0. The third-order valence-corrected chi connectivity index (χ3v) is 1.75. The van der Waals surface area contributed by atoms with Gasteiger partial charge in [0.1, 0.15) is 0 Å². The second-order valence-corrected chi connectivity index (χ2v) is 2.44. The first kappa shape index (κ1) is 5.59. The zero-order valence-corrected chi connectivity index (χ0v) is 5.67. The van der Waals surface area contributed by atoms with Gasteiger partial charge in [-0.3, -0.25) is 5.43 Å². The molecular weight excluding hydrogens is 124 g/mol. The molecule has 2 rings (SSSR count). The number of rotatable bonds is 0. The molecule has 2 heteroatoms. The Hall–Kier alpha value is -1.18. The summed E-state index contributed by atoms with van der Waals surface area (Å²) in [7, 11) is 0. The SMILES string of the molecule is C1=CC2=C(C=C[N]N2)CC1. The van der Waals surface area contributed by atoms with E-state index in [0.29, 0.717) is 0 Å². The average molecular weight is 133 g/mol. The second kappa shape index (κ2) is 2.21. The van der Waals surface area contributed by atoms with Crippen molar-refractivity contribution in [1.82, 2.24) is 10.9 Å². The third-order valence-electron chi connectivity index (χ3n) is 1.75. The van der Waals surface area contributed by atoms with Crippen molar-refractivity contribution in [3.05, 3.63) is 35.7 Å². The van der Waals surface area contributed by atoms with Crippen molar-refractivity contribution in [3.8, 4) is 0 Å². The summed E-state index contributed by atoms with van der Waals surface area (Å²) in [5.74, 6) is 0. The molecule has 0 atom stereocenters. The van der Waals surface area contributed by atoms with Crippen molar-refractivity contribution in [2.24, 2.45) is 0 Å². The normalized spacial score (nSPS) is 21.6. The van der Waals surface area contributed by atoms with Crippen molar-refractivity contribution >= 4 is 0 Å². The second-order valence-electron chi connectivity index (χ2n) is 2.44. The van der Waals surface area contributed by atoms with E-state index >= 15 is 0 Å². The van der Waals surface area contributed by atoms with Crippen molar-refractivity contribution in [1.29, 1.82) is 0 Å². The Morgan fingerprint density at radius 1 is 1.40 bits per heavy atom. The smallest absolute Gasteiger partial charge is 0.0591 e. The first-order chi connectivity index (χ1) is 4.97. The quantitative estimate of drug-likeness (QED) is 0.528. The summed E-state index contributed by atoms with van der Waals surface area (Å²) in [5.41, 5.74) is 9.41. The maximum absolute atomic E-state index is 3.92. The van der Waals surface area contributed by atoms with E-state index in [1.165, 1.54) is 5.57 Å². The van der Waals surface area contributed by atoms with Crippen LogP contribution < -0.4 is 10.9 Å². The standard InChI is InChI=1S/C8H9N2/c1-2-4-8-7(3-1)5-6-9-10-8/h2,4-6,10H,1,3H2. The molecule has 0 unspecified atom stereocenters. The van der Waals surface area contributed by atoms with Crippen LogP contribution in [0.1, 0.15) is 12.8 Å². The van der Waals surface area contributed by atoms with Crippen LogP contribution in [0.4, 0.5) is 0 Å². The van der Waals surface area contributed by atoms with Gasteiger partial charge >= 0.3 is 0 Å². The molecule has 2 nitrogen and oxygen atoms in total. The molecule has 51 valence electrons. The average Bonchev–Trinajstić information content (AvgIpc) is 2.05. The van der Waals surface area contributed by atoms with Crippen molar-refractivity contribution < 1.29 is 0 Å². The van der Waals surface area contributed by atoms with Crippen LogP contribution in [0.3, 0.4) is 0 Å². The van der Waals surface area contributed by atoms with E-state index in [0.717, 1.165) is 18.5 Å². The largest absolute Gasteiger partial charge is 0.278 e. The fraction of sp³-hybridized carbons (Fsp3) is 0.250. The number of allylic oxidation sites excluding steroid dienone is 4. The van der Waals surface area contributed by atoms with E-state index in [2.05, 4.69) is 29.1 Å². The van der Waals surface area contributed by atoms with Crippen LogP contribution in [0.25, 0.3) is 0 Å². The minimum atomic E-state index is 1.14. The molecule has 10 heavy (non-hydrogen) atoms. The molecule has 0 spiro atoms. The predicted octanol–water partition coefficient (Wildman–Crippen LogP) is 1.23. The van der Waals surface area contributed by atoms with Gasteiger partial charge in [-0.2, -0.15) is 5.43 Å². The van der Waals surface area contributed by atoms with Gasteiger partial charge in [0.15, 0.2) is 0 Å². The van der Waals surface area contributed by atoms with Crippen LogP contribution >= 0.6 is 0 Å². The zero-order valence-electron chi connectivity index (χ0n) is 5.67. The van der Waals surface area contributed by atoms with Crippen molar-refractivity contribution in [2.45, 2.75) is 12.8 Å². The molecule has 2 aliphatic rings. The van der Waals surface area contributed by atoms with Crippen molar-refractivity contribution in [2.75, 3.05) is 0 Å².